The highest BCUT2D eigenvalue weighted by Gasteiger charge is 2.19. The fourth-order valence-corrected chi connectivity index (χ4v) is 2.27. The van der Waals surface area contributed by atoms with Crippen LogP contribution in [0, 0.1) is 0 Å². The van der Waals surface area contributed by atoms with Crippen molar-refractivity contribution < 1.29 is 17.9 Å². The van der Waals surface area contributed by atoms with Crippen LogP contribution in [-0.4, -0.2) is 27.2 Å². The fraction of sp³-hybridized carbons (Fsp3) is 0.250. The van der Waals surface area contributed by atoms with E-state index in [9.17, 15) is 13.2 Å². The van der Waals surface area contributed by atoms with E-state index >= 15 is 0 Å². The second kappa shape index (κ2) is 4.81. The smallest absolute Gasteiger partial charge is 0.334 e. The summed E-state index contributed by atoms with van der Waals surface area (Å²) in [6.45, 7) is 0.381. The number of sulfonamides is 1. The zero-order valence-corrected chi connectivity index (χ0v) is 10.7. The number of carbonyl (C=O) groups excluding carboxylic acids is 1. The minimum absolute atomic E-state index is 0.343. The molecule has 2 rings (SSSR count). The van der Waals surface area contributed by atoms with E-state index in [0.717, 1.165) is 6.26 Å². The Bertz CT molecular complexity index is 604. The van der Waals surface area contributed by atoms with Crippen molar-refractivity contribution in [3.63, 3.8) is 0 Å². The maximum atomic E-state index is 11.3. The standard InChI is InChI=1S/C12H13NO4S/c1-18(15,16)13-11-5-3-2-4-9(11)8-10-6-7-17-12(10)14/h2-5,8,13H,6-7H2,1H3. The van der Waals surface area contributed by atoms with Crippen molar-refractivity contribution in [2.24, 2.45) is 0 Å². The van der Waals surface area contributed by atoms with Gasteiger partial charge in [0, 0.05) is 12.0 Å². The molecule has 6 heteroatoms. The molecule has 1 aliphatic heterocycles. The third-order valence-electron chi connectivity index (χ3n) is 2.45. The van der Waals surface area contributed by atoms with Crippen LogP contribution < -0.4 is 4.72 Å². The molecule has 0 radical (unpaired) electrons. The summed E-state index contributed by atoms with van der Waals surface area (Å²) in [5, 5.41) is 0. The average Bonchev–Trinajstić information content (AvgIpc) is 2.65. The predicted molar refractivity (Wildman–Crippen MR) is 68.5 cm³/mol. The molecule has 0 aliphatic carbocycles. The van der Waals surface area contributed by atoms with E-state index in [0.29, 0.717) is 29.9 Å². The molecule has 0 spiro atoms. The molecule has 0 saturated carbocycles. The number of esters is 1. The van der Waals surface area contributed by atoms with Crippen molar-refractivity contribution in [2.45, 2.75) is 6.42 Å². The quantitative estimate of drug-likeness (QED) is 0.663. The topological polar surface area (TPSA) is 72.5 Å². The van der Waals surface area contributed by atoms with Gasteiger partial charge < -0.3 is 4.74 Å². The van der Waals surface area contributed by atoms with Crippen LogP contribution in [-0.2, 0) is 19.6 Å². The summed E-state index contributed by atoms with van der Waals surface area (Å²) in [4.78, 5) is 11.3. The number of hydrogen-bond donors (Lipinski definition) is 1. The normalized spacial score (nSPS) is 17.8. The second-order valence-electron chi connectivity index (χ2n) is 4.02. The zero-order valence-electron chi connectivity index (χ0n) is 9.84. The molecule has 0 amide bonds. The number of rotatable bonds is 3. The Kier molecular flexibility index (Phi) is 3.38. The Labute approximate surface area is 106 Å². The summed E-state index contributed by atoms with van der Waals surface area (Å²) in [6, 6.07) is 6.89. The number of hydrogen-bond acceptors (Lipinski definition) is 4. The fourth-order valence-electron chi connectivity index (χ4n) is 1.68. The largest absolute Gasteiger partial charge is 0.462 e. The molecule has 0 unspecified atom stereocenters. The predicted octanol–water partition coefficient (Wildman–Crippen LogP) is 1.39. The first-order valence-electron chi connectivity index (χ1n) is 5.40. The Hall–Kier alpha value is -1.82. The lowest BCUT2D eigenvalue weighted by Crippen LogP contribution is -2.10. The summed E-state index contributed by atoms with van der Waals surface area (Å²) < 4.78 is 29.7. The van der Waals surface area contributed by atoms with E-state index in [1.807, 2.05) is 0 Å². The average molecular weight is 267 g/mol. The van der Waals surface area contributed by atoms with Gasteiger partial charge >= 0.3 is 5.97 Å². The van der Waals surface area contributed by atoms with Gasteiger partial charge in [-0.2, -0.15) is 0 Å². The van der Waals surface area contributed by atoms with E-state index in [1.165, 1.54) is 0 Å². The molecule has 1 saturated heterocycles. The maximum Gasteiger partial charge on any atom is 0.334 e. The van der Waals surface area contributed by atoms with Gasteiger partial charge in [-0.05, 0) is 17.7 Å². The molecule has 0 aromatic heterocycles. The molecule has 5 nitrogen and oxygen atoms in total. The Morgan fingerprint density at radius 2 is 2.06 bits per heavy atom. The van der Waals surface area contributed by atoms with Gasteiger partial charge in [0.25, 0.3) is 0 Å². The highest BCUT2D eigenvalue weighted by atomic mass is 32.2. The molecule has 1 fully saturated rings. The molecule has 1 aliphatic rings. The van der Waals surface area contributed by atoms with Crippen molar-refractivity contribution >= 4 is 27.8 Å². The summed E-state index contributed by atoms with van der Waals surface area (Å²) in [7, 11) is -3.34. The van der Waals surface area contributed by atoms with E-state index in [2.05, 4.69) is 4.72 Å². The number of nitrogens with one attached hydrogen (secondary N) is 1. The number of ether oxygens (including phenoxy) is 1. The van der Waals surface area contributed by atoms with Crippen LogP contribution in [0.3, 0.4) is 0 Å². The molecule has 96 valence electrons. The van der Waals surface area contributed by atoms with Gasteiger partial charge in [-0.25, -0.2) is 13.2 Å². The van der Waals surface area contributed by atoms with Crippen molar-refractivity contribution in [3.05, 3.63) is 35.4 Å². The van der Waals surface area contributed by atoms with Crippen LogP contribution in [0.15, 0.2) is 29.8 Å². The van der Waals surface area contributed by atoms with Gasteiger partial charge in [0.1, 0.15) is 0 Å². The Morgan fingerprint density at radius 1 is 1.33 bits per heavy atom. The SMILES string of the molecule is CS(=O)(=O)Nc1ccccc1C=C1CCOC1=O. The third-order valence-corrected chi connectivity index (χ3v) is 3.04. The minimum atomic E-state index is -3.34. The highest BCUT2D eigenvalue weighted by molar-refractivity contribution is 7.92. The van der Waals surface area contributed by atoms with Crippen molar-refractivity contribution in [1.82, 2.24) is 0 Å². The van der Waals surface area contributed by atoms with Crippen LogP contribution in [0.1, 0.15) is 12.0 Å². The van der Waals surface area contributed by atoms with Gasteiger partial charge in [-0.15, -0.1) is 0 Å². The molecule has 1 N–H and O–H groups in total. The van der Waals surface area contributed by atoms with Crippen molar-refractivity contribution in [3.8, 4) is 0 Å². The monoisotopic (exact) mass is 267 g/mol. The lowest BCUT2D eigenvalue weighted by molar-refractivity contribution is -0.134. The number of para-hydroxylation sites is 1. The molecule has 0 atom stereocenters. The molecular formula is C12H13NO4S. The number of benzene rings is 1. The van der Waals surface area contributed by atoms with Crippen LogP contribution in [0.5, 0.6) is 0 Å². The number of anilines is 1. The van der Waals surface area contributed by atoms with Crippen LogP contribution >= 0.6 is 0 Å². The van der Waals surface area contributed by atoms with E-state index in [4.69, 9.17) is 4.74 Å². The Balaban J connectivity index is 2.36. The van der Waals surface area contributed by atoms with Crippen LogP contribution in [0.25, 0.3) is 6.08 Å². The lowest BCUT2D eigenvalue weighted by Gasteiger charge is -2.07. The summed E-state index contributed by atoms with van der Waals surface area (Å²) in [5.41, 5.74) is 1.65. The maximum absolute atomic E-state index is 11.3. The highest BCUT2D eigenvalue weighted by Crippen LogP contribution is 2.23. The molecule has 1 aromatic carbocycles. The van der Waals surface area contributed by atoms with E-state index in [1.54, 1.807) is 30.3 Å². The molecule has 0 bridgehead atoms. The summed E-state index contributed by atoms with van der Waals surface area (Å²) in [5.74, 6) is -0.343. The van der Waals surface area contributed by atoms with Crippen molar-refractivity contribution in [2.75, 3.05) is 17.6 Å². The van der Waals surface area contributed by atoms with Crippen LogP contribution in [0.2, 0.25) is 0 Å². The first kappa shape index (κ1) is 12.6. The molecule has 1 heterocycles. The molecule has 18 heavy (non-hydrogen) atoms. The van der Waals surface area contributed by atoms with Crippen molar-refractivity contribution in [1.29, 1.82) is 0 Å². The second-order valence-corrected chi connectivity index (χ2v) is 5.77. The first-order valence-corrected chi connectivity index (χ1v) is 7.29. The molecule has 1 aromatic rings. The number of cyclic esters (lactones) is 1. The van der Waals surface area contributed by atoms with Gasteiger partial charge in [0.15, 0.2) is 0 Å². The lowest BCUT2D eigenvalue weighted by atomic mass is 10.1. The molecular weight excluding hydrogens is 254 g/mol. The van der Waals surface area contributed by atoms with Gasteiger partial charge in [-0.3, -0.25) is 4.72 Å². The third kappa shape index (κ3) is 3.10. The van der Waals surface area contributed by atoms with Crippen LogP contribution in [0.4, 0.5) is 5.69 Å². The van der Waals surface area contributed by atoms with Gasteiger partial charge in [0.2, 0.25) is 10.0 Å². The first-order chi connectivity index (χ1) is 8.46. The summed E-state index contributed by atoms with van der Waals surface area (Å²) >= 11 is 0. The van der Waals surface area contributed by atoms with E-state index < -0.39 is 10.0 Å². The van der Waals surface area contributed by atoms with Gasteiger partial charge in [-0.1, -0.05) is 18.2 Å². The number of carbonyl (C=O) groups is 1. The van der Waals surface area contributed by atoms with Gasteiger partial charge in [0.05, 0.1) is 18.6 Å². The minimum Gasteiger partial charge on any atom is -0.462 e. The zero-order chi connectivity index (χ0) is 13.2. The van der Waals surface area contributed by atoms with E-state index in [-0.39, 0.29) is 5.97 Å². The Morgan fingerprint density at radius 3 is 2.67 bits per heavy atom. The summed E-state index contributed by atoms with van der Waals surface area (Å²) in [6.07, 6.45) is 3.29.